The number of carbonyl (C=O) groups is 2. The van der Waals surface area contributed by atoms with E-state index >= 15 is 8.78 Å². The second-order valence-corrected chi connectivity index (χ2v) is 28.6. The van der Waals surface area contributed by atoms with Gasteiger partial charge in [0.25, 0.3) is 0 Å². The molecule has 0 aromatic heterocycles. The Labute approximate surface area is 451 Å². The van der Waals surface area contributed by atoms with Gasteiger partial charge in [-0.1, -0.05) is 80.7 Å². The van der Waals surface area contributed by atoms with Crippen LogP contribution in [0.15, 0.2) is 59.7 Å². The number of aliphatic hydroxyl groups is 2. The zero-order chi connectivity index (χ0) is 54.4. The minimum atomic E-state index is -1.04. The topological polar surface area (TPSA) is 77.8 Å². The van der Waals surface area contributed by atoms with Crippen LogP contribution < -0.4 is 4.90 Å². The molecule has 0 bridgehead atoms. The van der Waals surface area contributed by atoms with E-state index in [0.717, 1.165) is 87.3 Å². The Morgan fingerprint density at radius 2 is 1.07 bits per heavy atom. The van der Waals surface area contributed by atoms with Crippen LogP contribution in [0.3, 0.4) is 0 Å². The lowest BCUT2D eigenvalue weighted by molar-refractivity contribution is -0.118. The largest absolute Gasteiger partial charge is 0.377 e. The van der Waals surface area contributed by atoms with Crippen molar-refractivity contribution in [3.05, 3.63) is 88.0 Å². The minimum Gasteiger partial charge on any atom is -0.377 e. The highest BCUT2D eigenvalue weighted by Crippen LogP contribution is 2.70. The van der Waals surface area contributed by atoms with Gasteiger partial charge in [-0.25, -0.2) is 8.78 Å². The lowest BCUT2D eigenvalue weighted by Crippen LogP contribution is -2.54. The van der Waals surface area contributed by atoms with Gasteiger partial charge in [-0.15, -0.1) is 0 Å². The Morgan fingerprint density at radius 3 is 1.47 bits per heavy atom. The lowest BCUT2D eigenvalue weighted by atomic mass is 9.46. The van der Waals surface area contributed by atoms with Crippen molar-refractivity contribution in [1.82, 2.24) is 0 Å². The number of allylic oxidation sites excluding steroid dienone is 2. The summed E-state index contributed by atoms with van der Waals surface area (Å²) in [6.07, 6.45) is 16.7. The van der Waals surface area contributed by atoms with Crippen LogP contribution in [-0.4, -0.2) is 46.1 Å². The lowest BCUT2D eigenvalue weighted by Gasteiger charge is -2.58. The molecule has 2 N–H and O–H groups in total. The van der Waals surface area contributed by atoms with Crippen LogP contribution in [0.2, 0.25) is 0 Å². The first-order valence-corrected chi connectivity index (χ1v) is 29.4. The Bertz CT molecular complexity index is 2730. The summed E-state index contributed by atoms with van der Waals surface area (Å²) in [6.45, 7) is 25.5. The molecule has 2 aromatic rings. The molecule has 0 saturated heterocycles. The van der Waals surface area contributed by atoms with Crippen molar-refractivity contribution in [2.45, 2.75) is 208 Å². The molecule has 2 aromatic carbocycles. The molecule has 0 aliphatic heterocycles. The number of anilines is 1. The predicted octanol–water partition coefficient (Wildman–Crippen LogP) is 14.9. The Hall–Kier alpha value is -4.04. The fourth-order valence-corrected chi connectivity index (χ4v) is 17.0. The van der Waals surface area contributed by atoms with Crippen LogP contribution in [0.1, 0.15) is 202 Å². The van der Waals surface area contributed by atoms with E-state index in [0.29, 0.717) is 84.6 Å². The molecule has 5 nitrogen and oxygen atoms in total. The predicted molar refractivity (Wildman–Crippen MR) is 300 cm³/mol. The van der Waals surface area contributed by atoms with E-state index in [2.05, 4.69) is 119 Å². The van der Waals surface area contributed by atoms with Gasteiger partial charge in [-0.3, -0.25) is 9.59 Å². The van der Waals surface area contributed by atoms with E-state index in [4.69, 9.17) is 0 Å². The molecule has 10 rings (SSSR count). The highest BCUT2D eigenvalue weighted by molar-refractivity contribution is 5.92. The second kappa shape index (κ2) is 20.3. The van der Waals surface area contributed by atoms with Crippen LogP contribution in [0.5, 0.6) is 0 Å². The standard InChI is InChI=1S/C34H46FNO2.C34H45FO2/c1-21(2)36(7)30-13-9-23(19-29(30)35)27-20-33(6)28(14-15-34(33,38)17-16-32(3,4)5)26-11-8-22-18-24(37)10-12-25(22)31(26)27;1-21(2)17-24-8-7-23(19-30(24)35)28-20-33(6)29(13-14-34(33,37)16-15-32(3,4)5)27-11-9-22-18-25(36)10-12-26(22)31(27)28/h9,13,18-19,21,25-28,31,38H,8,10-12,14-15,20H2,1-7H3;7-8,18-19,21,26-29,31,37H,9-14,17,20H2,1-6H3/t25-,26-,27+,28-,31+,33-,34+;26-,27-,28+,29-,31+,33-,34+/m00/s1. The summed E-state index contributed by atoms with van der Waals surface area (Å²) >= 11 is 0. The summed E-state index contributed by atoms with van der Waals surface area (Å²) in [5.41, 5.74) is 3.05. The number of hydrogen-bond acceptors (Lipinski definition) is 5. The molecule has 0 unspecified atom stereocenters. The Morgan fingerprint density at radius 1 is 0.627 bits per heavy atom. The van der Waals surface area contributed by atoms with Crippen LogP contribution in [-0.2, 0) is 16.0 Å². The average Bonchev–Trinajstić information content (AvgIpc) is 3.76. The third-order valence-electron chi connectivity index (χ3n) is 20.9. The number of rotatable bonds is 6. The zero-order valence-electron chi connectivity index (χ0n) is 48.1. The van der Waals surface area contributed by atoms with Crippen molar-refractivity contribution < 1.29 is 28.6 Å². The van der Waals surface area contributed by atoms with Gasteiger partial charge in [0.05, 0.1) is 5.69 Å². The SMILES string of the molecule is CC(C)Cc1ccc([C@H]2C[C@@]3(C)[C@@H](CC[C@@]3(O)C#CC(C)(C)C)[C@@H]3CCC4=CC(=O)CC[C@@H]4[C@H]32)cc1F.CC(C)N(C)c1ccc([C@H]2C[C@@]3(C)[C@@H](CC[C@@]3(O)C#CC(C)(C)C)[C@@H]3CCC4=CC(=O)CC[C@@H]4[C@H]32)cc1F. The number of ketones is 2. The van der Waals surface area contributed by atoms with Crippen LogP contribution in [0.25, 0.3) is 0 Å². The number of nitrogens with zero attached hydrogens (tertiary/aromatic N) is 1. The molecule has 0 heterocycles. The smallest absolute Gasteiger partial charge is 0.155 e. The van der Waals surface area contributed by atoms with Gasteiger partial charge in [0, 0.05) is 47.6 Å². The fraction of sp³-hybridized carbons (Fsp3) is 0.676. The molecule has 7 heteroatoms. The molecule has 0 radical (unpaired) electrons. The van der Waals surface area contributed by atoms with E-state index < -0.39 is 11.2 Å². The monoisotopic (exact) mass is 1020 g/mol. The first-order chi connectivity index (χ1) is 35.0. The normalized spacial score (nSPS) is 36.9. The van der Waals surface area contributed by atoms with Gasteiger partial charge in [0.1, 0.15) is 22.8 Å². The minimum absolute atomic E-state index is 0.102. The summed E-state index contributed by atoms with van der Waals surface area (Å²) in [5, 5.41) is 24.3. The van der Waals surface area contributed by atoms with Crippen molar-refractivity contribution in [3.63, 3.8) is 0 Å². The first-order valence-electron chi connectivity index (χ1n) is 29.4. The summed E-state index contributed by atoms with van der Waals surface area (Å²) in [6, 6.07) is 12.0. The quantitative estimate of drug-likeness (QED) is 0.282. The van der Waals surface area contributed by atoms with E-state index in [-0.39, 0.29) is 62.7 Å². The Balaban J connectivity index is 0.000000184. The molecule has 406 valence electrons. The van der Waals surface area contributed by atoms with E-state index in [1.54, 1.807) is 12.1 Å². The number of halogens is 2. The van der Waals surface area contributed by atoms with Crippen molar-refractivity contribution in [2.75, 3.05) is 11.9 Å². The van der Waals surface area contributed by atoms with Gasteiger partial charge in [0.15, 0.2) is 11.6 Å². The maximum absolute atomic E-state index is 15.6. The van der Waals surface area contributed by atoms with Gasteiger partial charge in [-0.2, -0.15) is 0 Å². The number of benzene rings is 2. The first kappa shape index (κ1) is 55.7. The van der Waals surface area contributed by atoms with Gasteiger partial charge in [0.2, 0.25) is 0 Å². The molecule has 0 amide bonds. The highest BCUT2D eigenvalue weighted by atomic mass is 19.1. The van der Waals surface area contributed by atoms with Crippen LogP contribution in [0.4, 0.5) is 14.5 Å². The molecule has 6 saturated carbocycles. The molecule has 14 atom stereocenters. The summed E-state index contributed by atoms with van der Waals surface area (Å²) in [4.78, 5) is 26.6. The molecule has 0 spiro atoms. The van der Waals surface area contributed by atoms with E-state index in [9.17, 15) is 19.8 Å². The molecule has 8 aliphatic rings. The molecular formula is C68H91F2NO4. The number of fused-ring (bicyclic) bond motifs is 10. The number of carbonyl (C=O) groups excluding carboxylic acids is 2. The number of hydrogen-bond donors (Lipinski definition) is 2. The second-order valence-electron chi connectivity index (χ2n) is 28.6. The van der Waals surface area contributed by atoms with Crippen LogP contribution in [0, 0.1) is 110 Å². The Kier molecular flexibility index (Phi) is 15.1. The van der Waals surface area contributed by atoms with Gasteiger partial charge < -0.3 is 15.1 Å². The van der Waals surface area contributed by atoms with Gasteiger partial charge in [-0.05, 0) is 251 Å². The fourth-order valence-electron chi connectivity index (χ4n) is 17.0. The maximum atomic E-state index is 15.6. The van der Waals surface area contributed by atoms with Gasteiger partial charge >= 0.3 is 0 Å². The van der Waals surface area contributed by atoms with E-state index in [1.165, 1.54) is 11.1 Å². The highest BCUT2D eigenvalue weighted by Gasteiger charge is 2.66. The third kappa shape index (κ3) is 10.4. The van der Waals surface area contributed by atoms with Crippen LogP contribution >= 0.6 is 0 Å². The summed E-state index contributed by atoms with van der Waals surface area (Å²) in [5.74, 6) is 17.6. The van der Waals surface area contributed by atoms with Crippen molar-refractivity contribution >= 4 is 17.3 Å². The molecule has 8 aliphatic carbocycles. The summed E-state index contributed by atoms with van der Waals surface area (Å²) in [7, 11) is 1.94. The zero-order valence-corrected chi connectivity index (χ0v) is 48.1. The van der Waals surface area contributed by atoms with E-state index in [1.807, 2.05) is 36.2 Å². The van der Waals surface area contributed by atoms with Crippen molar-refractivity contribution in [2.24, 2.45) is 74.9 Å². The molecule has 75 heavy (non-hydrogen) atoms. The van der Waals surface area contributed by atoms with Crippen molar-refractivity contribution in [1.29, 1.82) is 0 Å². The van der Waals surface area contributed by atoms with Crippen molar-refractivity contribution in [3.8, 4) is 23.7 Å². The molecular weight excluding hydrogens is 933 g/mol. The maximum Gasteiger partial charge on any atom is 0.155 e. The third-order valence-corrected chi connectivity index (χ3v) is 20.9. The summed E-state index contributed by atoms with van der Waals surface area (Å²) < 4.78 is 31.0. The average molecular weight is 1020 g/mol. The molecule has 6 fully saturated rings.